The number of hydrogen-bond acceptors (Lipinski definition) is 2. The molecule has 0 aliphatic rings. The number of imidazole rings is 1. The van der Waals surface area contributed by atoms with Gasteiger partial charge in [-0.3, -0.25) is 4.68 Å². The average Bonchev–Trinajstić information content (AvgIpc) is 3.16. The van der Waals surface area contributed by atoms with Gasteiger partial charge in [0.25, 0.3) is 0 Å². The largest absolute Gasteiger partial charge is 0.328 e. The molecule has 0 unspecified atom stereocenters. The fourth-order valence-corrected chi connectivity index (χ4v) is 2.74. The third kappa shape index (κ3) is 7.51. The number of benzene rings is 1. The summed E-state index contributed by atoms with van der Waals surface area (Å²) in [5.41, 5.74) is 4.58. The molecular formula is C21H28BrFN4. The zero-order chi connectivity index (χ0) is 20.4. The highest BCUT2D eigenvalue weighted by molar-refractivity contribution is 9.10. The Morgan fingerprint density at radius 3 is 2.44 bits per heavy atom. The molecular weight excluding hydrogens is 407 g/mol. The van der Waals surface area contributed by atoms with Crippen LogP contribution in [-0.4, -0.2) is 19.3 Å². The van der Waals surface area contributed by atoms with Crippen molar-refractivity contribution in [1.82, 2.24) is 19.3 Å². The summed E-state index contributed by atoms with van der Waals surface area (Å²) in [5, 5.41) is 4.21. The molecule has 0 atom stereocenters. The highest BCUT2D eigenvalue weighted by atomic mass is 79.9. The van der Waals surface area contributed by atoms with Crippen LogP contribution in [0.15, 0.2) is 59.6 Å². The van der Waals surface area contributed by atoms with Crippen LogP contribution in [0.2, 0.25) is 0 Å². The van der Waals surface area contributed by atoms with Crippen LogP contribution in [0.4, 0.5) is 4.39 Å². The van der Waals surface area contributed by atoms with Crippen molar-refractivity contribution in [2.24, 2.45) is 7.05 Å². The number of aromatic nitrogens is 4. The van der Waals surface area contributed by atoms with E-state index in [0.717, 1.165) is 28.8 Å². The molecule has 0 N–H and O–H groups in total. The number of nitrogens with zero attached hydrogens (tertiary/aromatic N) is 4. The Bertz CT molecular complexity index is 885. The summed E-state index contributed by atoms with van der Waals surface area (Å²) < 4.78 is 15.7. The predicted octanol–water partition coefficient (Wildman–Crippen LogP) is 6.21. The first-order valence-corrected chi connectivity index (χ1v) is 9.57. The second kappa shape index (κ2) is 11.5. The van der Waals surface area contributed by atoms with Crippen molar-refractivity contribution >= 4 is 27.0 Å². The molecule has 0 fully saturated rings. The maximum atomic E-state index is 10.5. The normalized spacial score (nSPS) is 10.3. The van der Waals surface area contributed by atoms with Gasteiger partial charge in [-0.1, -0.05) is 27.6 Å². The number of halogens is 2. The Morgan fingerprint density at radius 1 is 1.33 bits per heavy atom. The van der Waals surface area contributed by atoms with Crippen LogP contribution in [0.5, 0.6) is 0 Å². The Balaban J connectivity index is 0.000000390. The zero-order valence-electron chi connectivity index (χ0n) is 16.7. The molecule has 4 nitrogen and oxygen atoms in total. The van der Waals surface area contributed by atoms with Crippen molar-refractivity contribution in [2.75, 3.05) is 0 Å². The predicted molar refractivity (Wildman–Crippen MR) is 116 cm³/mol. The number of aryl methyl sites for hydroxylation is 2. The number of rotatable bonds is 3. The first kappa shape index (κ1) is 22.8. The molecule has 2 heterocycles. The Labute approximate surface area is 169 Å². The Hall–Kier alpha value is -2.21. The quantitative estimate of drug-likeness (QED) is 0.458. The van der Waals surface area contributed by atoms with Gasteiger partial charge in [-0.2, -0.15) is 5.10 Å². The molecule has 27 heavy (non-hydrogen) atoms. The summed E-state index contributed by atoms with van der Waals surface area (Å²) in [6.45, 7) is 12.2. The van der Waals surface area contributed by atoms with Crippen LogP contribution >= 0.6 is 15.9 Å². The molecule has 2 aromatic heterocycles. The van der Waals surface area contributed by atoms with Crippen LogP contribution < -0.4 is 0 Å². The van der Waals surface area contributed by atoms with Crippen molar-refractivity contribution in [3.63, 3.8) is 0 Å². The second-order valence-electron chi connectivity index (χ2n) is 6.27. The maximum absolute atomic E-state index is 10.5. The summed E-state index contributed by atoms with van der Waals surface area (Å²) in [6.07, 6.45) is 6.58. The minimum Gasteiger partial charge on any atom is -0.328 e. The standard InChI is InChI=1S/C14H15BrN4.C4H8.C3H5F/c1-3-19-13-5-4-11(15)7-12(13)17-14(19)6-10-8-16-18(2)9-10;1-4(2)3;1-2-3-4/h4-5,7-9H,3,6H2,1-2H3;1H2,2-3H3;2-3H,1H3/b;;3-2+. The third-order valence-corrected chi connectivity index (χ3v) is 3.85. The summed E-state index contributed by atoms with van der Waals surface area (Å²) in [7, 11) is 1.93. The third-order valence-electron chi connectivity index (χ3n) is 3.35. The summed E-state index contributed by atoms with van der Waals surface area (Å²) in [5.74, 6) is 1.09. The fourth-order valence-electron chi connectivity index (χ4n) is 2.39. The number of hydrogen-bond donors (Lipinski definition) is 0. The van der Waals surface area contributed by atoms with Crippen molar-refractivity contribution in [3.8, 4) is 0 Å². The average molecular weight is 435 g/mol. The first-order valence-electron chi connectivity index (χ1n) is 8.78. The van der Waals surface area contributed by atoms with Gasteiger partial charge in [0, 0.05) is 30.7 Å². The SMILES string of the molecule is C/C=C/F.C=C(C)C.CCn1c(Cc2cnn(C)c2)nc2cc(Br)ccc21. The van der Waals surface area contributed by atoms with E-state index in [1.807, 2.05) is 38.0 Å². The van der Waals surface area contributed by atoms with Gasteiger partial charge in [-0.25, -0.2) is 9.37 Å². The van der Waals surface area contributed by atoms with E-state index in [1.165, 1.54) is 22.7 Å². The van der Waals surface area contributed by atoms with Gasteiger partial charge in [0.2, 0.25) is 0 Å². The Kier molecular flexibility index (Phi) is 9.72. The van der Waals surface area contributed by atoms with Crippen molar-refractivity contribution < 1.29 is 4.39 Å². The Morgan fingerprint density at radius 2 is 1.96 bits per heavy atom. The van der Waals surface area contributed by atoms with Crippen molar-refractivity contribution in [2.45, 2.75) is 40.7 Å². The number of fused-ring (bicyclic) bond motifs is 1. The van der Waals surface area contributed by atoms with E-state index >= 15 is 0 Å². The lowest BCUT2D eigenvalue weighted by Gasteiger charge is -2.04. The van der Waals surface area contributed by atoms with E-state index < -0.39 is 0 Å². The van der Waals surface area contributed by atoms with Crippen molar-refractivity contribution in [1.29, 1.82) is 0 Å². The fraction of sp³-hybridized carbons (Fsp3) is 0.333. The van der Waals surface area contributed by atoms with Gasteiger partial charge < -0.3 is 4.57 Å². The summed E-state index contributed by atoms with van der Waals surface area (Å²) in [4.78, 5) is 4.74. The van der Waals surface area contributed by atoms with Crippen LogP contribution in [0.3, 0.4) is 0 Å². The highest BCUT2D eigenvalue weighted by Gasteiger charge is 2.11. The first-order chi connectivity index (χ1) is 12.8. The van der Waals surface area contributed by atoms with Crippen molar-refractivity contribution in [3.05, 3.63) is 71.0 Å². The second-order valence-corrected chi connectivity index (χ2v) is 7.19. The minimum absolute atomic E-state index is 0.500. The van der Waals surface area contributed by atoms with E-state index in [0.29, 0.717) is 6.33 Å². The molecule has 3 aromatic rings. The van der Waals surface area contributed by atoms with E-state index in [-0.39, 0.29) is 0 Å². The summed E-state index contributed by atoms with van der Waals surface area (Å²) >= 11 is 3.50. The van der Waals surface area contributed by atoms with Gasteiger partial charge in [0.15, 0.2) is 0 Å². The molecule has 0 bridgehead atoms. The monoisotopic (exact) mass is 434 g/mol. The molecule has 1 aromatic carbocycles. The van der Waals surface area contributed by atoms with Crippen LogP contribution in [0.25, 0.3) is 11.0 Å². The van der Waals surface area contributed by atoms with Gasteiger partial charge in [0.1, 0.15) is 5.82 Å². The smallest absolute Gasteiger partial charge is 0.114 e. The van der Waals surface area contributed by atoms with E-state index in [9.17, 15) is 4.39 Å². The molecule has 0 aliphatic heterocycles. The van der Waals surface area contributed by atoms with E-state index in [4.69, 9.17) is 4.98 Å². The lowest BCUT2D eigenvalue weighted by molar-refractivity contribution is 0.719. The molecule has 0 saturated heterocycles. The lowest BCUT2D eigenvalue weighted by Crippen LogP contribution is -2.02. The van der Waals surface area contributed by atoms with Crippen LogP contribution in [-0.2, 0) is 20.0 Å². The highest BCUT2D eigenvalue weighted by Crippen LogP contribution is 2.22. The molecule has 146 valence electrons. The molecule has 3 rings (SSSR count). The maximum Gasteiger partial charge on any atom is 0.114 e. The molecule has 0 saturated carbocycles. The molecule has 6 heteroatoms. The van der Waals surface area contributed by atoms with E-state index in [2.05, 4.69) is 57.3 Å². The molecule has 0 spiro atoms. The minimum atomic E-state index is 0.500. The molecule has 0 amide bonds. The summed E-state index contributed by atoms with van der Waals surface area (Å²) in [6, 6.07) is 6.24. The topological polar surface area (TPSA) is 35.6 Å². The van der Waals surface area contributed by atoms with Crippen LogP contribution in [0.1, 0.15) is 39.1 Å². The van der Waals surface area contributed by atoms with Gasteiger partial charge >= 0.3 is 0 Å². The van der Waals surface area contributed by atoms with Gasteiger partial charge in [-0.05, 0) is 51.5 Å². The molecule has 0 aliphatic carbocycles. The van der Waals surface area contributed by atoms with Crippen LogP contribution in [0, 0.1) is 0 Å². The molecule has 0 radical (unpaired) electrons. The van der Waals surface area contributed by atoms with Gasteiger partial charge in [-0.15, -0.1) is 6.58 Å². The van der Waals surface area contributed by atoms with E-state index in [1.54, 1.807) is 6.92 Å². The zero-order valence-corrected chi connectivity index (χ0v) is 18.3. The van der Waals surface area contributed by atoms with Gasteiger partial charge in [0.05, 0.1) is 23.6 Å². The lowest BCUT2D eigenvalue weighted by atomic mass is 10.2. The number of allylic oxidation sites excluding steroid dienone is 2.